The smallest absolute Gasteiger partial charge is 0.143 e. The van der Waals surface area contributed by atoms with E-state index < -0.39 is 0 Å². The molecule has 0 bridgehead atoms. The summed E-state index contributed by atoms with van der Waals surface area (Å²) in [5.74, 6) is 1.34. The van der Waals surface area contributed by atoms with E-state index in [0.717, 1.165) is 11.4 Å². The summed E-state index contributed by atoms with van der Waals surface area (Å²) in [6, 6.07) is 6.37. The highest BCUT2D eigenvalue weighted by atomic mass is 16.5. The first-order valence-electron chi connectivity index (χ1n) is 5.63. The molecule has 16 heavy (non-hydrogen) atoms. The van der Waals surface area contributed by atoms with E-state index in [0.29, 0.717) is 17.6 Å². The van der Waals surface area contributed by atoms with E-state index in [1.54, 1.807) is 7.11 Å². The average molecular weight is 222 g/mol. The van der Waals surface area contributed by atoms with Crippen molar-refractivity contribution in [3.63, 3.8) is 0 Å². The van der Waals surface area contributed by atoms with Crippen molar-refractivity contribution in [3.05, 3.63) is 18.2 Å². The van der Waals surface area contributed by atoms with E-state index in [2.05, 4.69) is 32.7 Å². The summed E-state index contributed by atoms with van der Waals surface area (Å²) in [6.45, 7) is 6.65. The Balaban J connectivity index is 2.96. The predicted octanol–water partition coefficient (Wildman–Crippen LogP) is 2.76. The number of hydrogen-bond donors (Lipinski definition) is 1. The lowest BCUT2D eigenvalue weighted by Gasteiger charge is -2.30. The highest BCUT2D eigenvalue weighted by molar-refractivity contribution is 5.62. The maximum atomic E-state index is 5.79. The molecule has 3 heteroatoms. The first kappa shape index (κ1) is 12.7. The van der Waals surface area contributed by atoms with Crippen molar-refractivity contribution in [2.24, 2.45) is 5.92 Å². The van der Waals surface area contributed by atoms with Crippen LogP contribution in [0.2, 0.25) is 0 Å². The molecule has 0 spiro atoms. The van der Waals surface area contributed by atoms with Crippen LogP contribution in [0.5, 0.6) is 5.75 Å². The molecule has 1 atom stereocenters. The minimum Gasteiger partial charge on any atom is -0.495 e. The van der Waals surface area contributed by atoms with Crippen LogP contribution in [0.4, 0.5) is 11.4 Å². The molecule has 0 aliphatic heterocycles. The highest BCUT2D eigenvalue weighted by Gasteiger charge is 2.14. The van der Waals surface area contributed by atoms with Gasteiger partial charge in [-0.3, -0.25) is 0 Å². The molecule has 1 unspecified atom stereocenters. The van der Waals surface area contributed by atoms with Crippen LogP contribution in [0.3, 0.4) is 0 Å². The van der Waals surface area contributed by atoms with Gasteiger partial charge in [-0.15, -0.1) is 0 Å². The fourth-order valence-electron chi connectivity index (χ4n) is 1.60. The molecule has 1 aromatic carbocycles. The lowest BCUT2D eigenvalue weighted by atomic mass is 10.0. The summed E-state index contributed by atoms with van der Waals surface area (Å²) >= 11 is 0. The van der Waals surface area contributed by atoms with E-state index in [-0.39, 0.29) is 0 Å². The fraction of sp³-hybridized carbons (Fsp3) is 0.538. The Morgan fingerprint density at radius 3 is 2.38 bits per heavy atom. The van der Waals surface area contributed by atoms with Crippen LogP contribution in [0.1, 0.15) is 20.8 Å². The first-order valence-corrected chi connectivity index (χ1v) is 5.63. The third kappa shape index (κ3) is 2.60. The van der Waals surface area contributed by atoms with Gasteiger partial charge in [-0.2, -0.15) is 0 Å². The number of ether oxygens (including phenoxy) is 1. The Kier molecular flexibility index (Phi) is 4.05. The predicted molar refractivity (Wildman–Crippen MR) is 70.1 cm³/mol. The van der Waals surface area contributed by atoms with Crippen molar-refractivity contribution in [1.82, 2.24) is 0 Å². The van der Waals surface area contributed by atoms with Crippen molar-refractivity contribution >= 4 is 11.4 Å². The Labute approximate surface area is 98.2 Å². The molecule has 1 rings (SSSR count). The zero-order valence-corrected chi connectivity index (χ0v) is 10.8. The molecule has 0 heterocycles. The molecular weight excluding hydrogens is 200 g/mol. The third-order valence-corrected chi connectivity index (χ3v) is 3.20. The minimum absolute atomic E-state index is 0.480. The van der Waals surface area contributed by atoms with Gasteiger partial charge in [-0.25, -0.2) is 0 Å². The number of anilines is 2. The number of benzene rings is 1. The van der Waals surface area contributed by atoms with Gasteiger partial charge in [0.2, 0.25) is 0 Å². The second-order valence-electron chi connectivity index (χ2n) is 4.52. The molecule has 2 N–H and O–H groups in total. The second kappa shape index (κ2) is 5.10. The zero-order valence-electron chi connectivity index (χ0n) is 10.8. The lowest BCUT2D eigenvalue weighted by Crippen LogP contribution is -2.33. The van der Waals surface area contributed by atoms with Crippen LogP contribution in [-0.2, 0) is 0 Å². The Morgan fingerprint density at radius 1 is 1.25 bits per heavy atom. The molecule has 0 aliphatic carbocycles. The van der Waals surface area contributed by atoms with Crippen LogP contribution in [-0.4, -0.2) is 20.2 Å². The minimum atomic E-state index is 0.480. The highest BCUT2D eigenvalue weighted by Crippen LogP contribution is 2.28. The molecule has 0 amide bonds. The number of nitrogens with two attached hydrogens (primary N) is 1. The summed E-state index contributed by atoms with van der Waals surface area (Å²) in [7, 11) is 3.73. The van der Waals surface area contributed by atoms with Crippen LogP contribution in [0.25, 0.3) is 0 Å². The zero-order chi connectivity index (χ0) is 12.3. The van der Waals surface area contributed by atoms with Crippen LogP contribution in [0, 0.1) is 5.92 Å². The van der Waals surface area contributed by atoms with Gasteiger partial charge < -0.3 is 15.4 Å². The summed E-state index contributed by atoms with van der Waals surface area (Å²) < 4.78 is 5.22. The van der Waals surface area contributed by atoms with E-state index in [1.165, 1.54) is 0 Å². The SMILES string of the molecule is COc1cc(N(C)C(C)C(C)C)ccc1N. The normalized spacial score (nSPS) is 12.6. The van der Waals surface area contributed by atoms with Gasteiger partial charge in [0.1, 0.15) is 5.75 Å². The largest absolute Gasteiger partial charge is 0.495 e. The molecule has 1 aromatic rings. The van der Waals surface area contributed by atoms with Gasteiger partial charge in [0.15, 0.2) is 0 Å². The fourth-order valence-corrected chi connectivity index (χ4v) is 1.60. The summed E-state index contributed by atoms with van der Waals surface area (Å²) in [4.78, 5) is 2.24. The number of methoxy groups -OCH3 is 1. The van der Waals surface area contributed by atoms with E-state index in [4.69, 9.17) is 10.5 Å². The van der Waals surface area contributed by atoms with Crippen LogP contribution < -0.4 is 15.4 Å². The second-order valence-corrected chi connectivity index (χ2v) is 4.52. The van der Waals surface area contributed by atoms with Crippen molar-refractivity contribution in [2.75, 3.05) is 24.8 Å². The molecule has 0 aromatic heterocycles. The number of nitrogens with zero attached hydrogens (tertiary/aromatic N) is 1. The van der Waals surface area contributed by atoms with Crippen molar-refractivity contribution in [1.29, 1.82) is 0 Å². The quantitative estimate of drug-likeness (QED) is 0.796. The molecule has 0 saturated heterocycles. The first-order chi connectivity index (χ1) is 7.47. The Bertz CT molecular complexity index is 350. The molecule has 90 valence electrons. The molecule has 3 nitrogen and oxygen atoms in total. The lowest BCUT2D eigenvalue weighted by molar-refractivity contribution is 0.416. The Morgan fingerprint density at radius 2 is 1.88 bits per heavy atom. The van der Waals surface area contributed by atoms with E-state index >= 15 is 0 Å². The standard InChI is InChI=1S/C13H22N2O/c1-9(2)10(3)15(4)11-6-7-12(14)13(8-11)16-5/h6-10H,14H2,1-5H3. The topological polar surface area (TPSA) is 38.5 Å². The van der Waals surface area contributed by atoms with E-state index in [1.807, 2.05) is 18.2 Å². The van der Waals surface area contributed by atoms with Crippen molar-refractivity contribution < 1.29 is 4.74 Å². The molecule has 0 radical (unpaired) electrons. The van der Waals surface area contributed by atoms with Gasteiger partial charge in [-0.05, 0) is 25.0 Å². The number of nitrogen functional groups attached to an aromatic ring is 1. The number of rotatable bonds is 4. The maximum absolute atomic E-state index is 5.79. The monoisotopic (exact) mass is 222 g/mol. The molecule has 0 fully saturated rings. The van der Waals surface area contributed by atoms with Crippen LogP contribution >= 0.6 is 0 Å². The number of hydrogen-bond acceptors (Lipinski definition) is 3. The third-order valence-electron chi connectivity index (χ3n) is 3.20. The molecule has 0 aliphatic rings. The summed E-state index contributed by atoms with van der Waals surface area (Å²) in [5, 5.41) is 0. The molecular formula is C13H22N2O. The van der Waals surface area contributed by atoms with E-state index in [9.17, 15) is 0 Å². The molecule has 0 saturated carbocycles. The summed E-state index contributed by atoms with van der Waals surface area (Å²) in [6.07, 6.45) is 0. The van der Waals surface area contributed by atoms with Gasteiger partial charge >= 0.3 is 0 Å². The van der Waals surface area contributed by atoms with Crippen LogP contribution in [0.15, 0.2) is 18.2 Å². The van der Waals surface area contributed by atoms with Gasteiger partial charge in [-0.1, -0.05) is 13.8 Å². The van der Waals surface area contributed by atoms with Gasteiger partial charge in [0.05, 0.1) is 12.8 Å². The van der Waals surface area contributed by atoms with Gasteiger partial charge in [0.25, 0.3) is 0 Å². The average Bonchev–Trinajstić information content (AvgIpc) is 2.27. The summed E-state index contributed by atoms with van der Waals surface area (Å²) in [5.41, 5.74) is 7.60. The Hall–Kier alpha value is -1.38. The maximum Gasteiger partial charge on any atom is 0.143 e. The van der Waals surface area contributed by atoms with Gasteiger partial charge in [0, 0.05) is 24.8 Å². The van der Waals surface area contributed by atoms with Crippen molar-refractivity contribution in [2.45, 2.75) is 26.8 Å². The van der Waals surface area contributed by atoms with Crippen molar-refractivity contribution in [3.8, 4) is 5.75 Å².